The Morgan fingerprint density at radius 1 is 1.50 bits per heavy atom. The van der Waals surface area contributed by atoms with Crippen LogP contribution in [-0.4, -0.2) is 9.17 Å². The van der Waals surface area contributed by atoms with Gasteiger partial charge in [-0.2, -0.15) is 0 Å². The van der Waals surface area contributed by atoms with Crippen molar-refractivity contribution in [3.8, 4) is 0 Å². The van der Waals surface area contributed by atoms with Gasteiger partial charge >= 0.3 is 35.9 Å². The van der Waals surface area contributed by atoms with Gasteiger partial charge in [0.25, 0.3) is 0 Å². The van der Waals surface area contributed by atoms with Crippen LogP contribution < -0.4 is 28.5 Å². The summed E-state index contributed by atoms with van der Waals surface area (Å²) in [4.78, 5) is 17.0. The molecule has 0 heterocycles. The van der Waals surface area contributed by atoms with Crippen molar-refractivity contribution >= 4 is 9.17 Å². The quantitative estimate of drug-likeness (QED) is 0.314. The zero-order valence-corrected chi connectivity index (χ0v) is 5.28. The van der Waals surface area contributed by atoms with E-state index in [1.165, 1.54) is 0 Å². The van der Waals surface area contributed by atoms with Crippen LogP contribution in [0.1, 0.15) is 1.43 Å². The van der Waals surface area contributed by atoms with Gasteiger partial charge in [0.2, 0.25) is 0 Å². The first-order valence-electron chi connectivity index (χ1n) is 0.612. The van der Waals surface area contributed by atoms with Gasteiger partial charge in [-0.15, -0.1) is 0 Å². The second-order valence-electron chi connectivity index (χ2n) is 0.250. The Labute approximate surface area is 60.8 Å². The molecule has 3 nitrogen and oxygen atoms in total. The average Bonchev–Trinajstić information content (AvgIpc) is 0.811. The van der Waals surface area contributed by atoms with E-state index in [0.29, 0.717) is 0 Å². The first-order valence-corrected chi connectivity index (χ1v) is 1.84. The maximum absolute atomic E-state index is 8.52. The van der Waals surface area contributed by atoms with Crippen LogP contribution in [0.2, 0.25) is 0 Å². The topological polar surface area (TPSA) is 63.2 Å². The van der Waals surface area contributed by atoms with Crippen LogP contribution in [0.5, 0.6) is 0 Å². The van der Waals surface area contributed by atoms with Crippen molar-refractivity contribution in [2.24, 2.45) is 0 Å². The van der Waals surface area contributed by atoms with Gasteiger partial charge in [-0.3, -0.25) is 0 Å². The summed E-state index contributed by atoms with van der Waals surface area (Å²) in [6.45, 7) is 0. The Bertz CT molecular complexity index is 37.9. The normalized spacial score (nSPS) is 4.00. The van der Waals surface area contributed by atoms with Gasteiger partial charge in [-0.1, -0.05) is 0 Å². The van der Waals surface area contributed by atoms with Gasteiger partial charge < -0.3 is 15.5 Å². The van der Waals surface area contributed by atoms with E-state index in [2.05, 4.69) is 0 Å². The fourth-order valence-corrected chi connectivity index (χ4v) is 0. The van der Waals surface area contributed by atoms with Gasteiger partial charge in [0.1, 0.15) is 0 Å². The molecule has 0 N–H and O–H groups in total. The molecule has 0 saturated carbocycles. The molecule has 31 valence electrons. The summed E-state index contributed by atoms with van der Waals surface area (Å²) < 4.78 is 8.52. The molecule has 0 saturated heterocycles. The maximum Gasteiger partial charge on any atom is 2.00 e. The van der Waals surface area contributed by atoms with Crippen molar-refractivity contribution in [1.82, 2.24) is 0 Å². The minimum atomic E-state index is -3.63. The smallest absolute Gasteiger partial charge is 1.00 e. The van der Waals surface area contributed by atoms with E-state index in [1.807, 2.05) is 0 Å². The van der Waals surface area contributed by atoms with Crippen molar-refractivity contribution in [3.63, 3.8) is 0 Å². The van der Waals surface area contributed by atoms with Crippen molar-refractivity contribution in [2.75, 3.05) is 0 Å². The molecule has 0 spiro atoms. The van der Waals surface area contributed by atoms with Crippen LogP contribution >= 0.6 is 0 Å². The largest absolute Gasteiger partial charge is 2.00 e. The summed E-state index contributed by atoms with van der Waals surface area (Å²) in [6.07, 6.45) is 0. The minimum Gasteiger partial charge on any atom is -1.00 e. The molecular weight excluding hydrogens is 138 g/mol. The van der Waals surface area contributed by atoms with Crippen LogP contribution in [-0.2, 0) is 21.5 Å². The summed E-state index contributed by atoms with van der Waals surface area (Å²) in [5, 5.41) is 0. The second kappa shape index (κ2) is 9.22. The fourth-order valence-electron chi connectivity index (χ4n) is 0. The predicted molar refractivity (Wildman–Crippen MR) is 7.55 cm³/mol. The van der Waals surface area contributed by atoms with Gasteiger partial charge in [-0.25, -0.2) is 0 Å². The third kappa shape index (κ3) is 123. The van der Waals surface area contributed by atoms with E-state index in [-0.39, 0.29) is 37.4 Å². The Hall–Kier alpha value is 0.734. The van der Waals surface area contributed by atoms with E-state index < -0.39 is 9.17 Å². The van der Waals surface area contributed by atoms with Crippen LogP contribution in [0.3, 0.4) is 0 Å². The molecule has 0 aliphatic rings. The Morgan fingerprint density at radius 2 is 1.50 bits per heavy atom. The number of hydrogen-bond donors (Lipinski definition) is 0. The Balaban J connectivity index is -0.0000000150. The molecule has 0 fully saturated rings. The van der Waals surface area contributed by atoms with Gasteiger partial charge in [0, 0.05) is 9.17 Å². The Kier molecular flexibility index (Phi) is 24.4. The summed E-state index contributed by atoms with van der Waals surface area (Å²) in [6, 6.07) is 0. The zero-order valence-electron chi connectivity index (χ0n) is 4.10. The minimum absolute atomic E-state index is 0. The predicted octanol–water partition coefficient (Wildman–Crippen LogP) is -5.76. The zero-order chi connectivity index (χ0) is 3.58. The molecule has 0 amide bonds. The molecule has 1 radical (unpaired) electrons. The molecule has 6 heteroatoms. The molecule has 0 bridgehead atoms. The van der Waals surface area contributed by atoms with E-state index in [1.54, 1.807) is 0 Å². The second-order valence-corrected chi connectivity index (χ2v) is 0.750. The third-order valence-corrected chi connectivity index (χ3v) is 0. The van der Waals surface area contributed by atoms with E-state index in [0.717, 1.165) is 0 Å². The molecule has 0 aliphatic heterocycles. The number of hydrogen-bond acceptors (Lipinski definition) is 3. The van der Waals surface area contributed by atoms with Gasteiger partial charge in [-0.05, 0) is 0 Å². The first kappa shape index (κ1) is 15.9. The SMILES string of the molecule is O=[Si]([O-])[O-].[H-].[Li+].[Mn+2]. The van der Waals surface area contributed by atoms with Crippen molar-refractivity contribution in [2.45, 2.75) is 0 Å². The molecule has 0 aromatic carbocycles. The first-order chi connectivity index (χ1) is 1.73. The molecule has 0 aromatic heterocycles. The van der Waals surface area contributed by atoms with Crippen LogP contribution in [0.15, 0.2) is 0 Å². The van der Waals surface area contributed by atoms with Gasteiger partial charge in [0.05, 0.1) is 0 Å². The molecule has 6 heavy (non-hydrogen) atoms. The fraction of sp³-hybridized carbons (Fsp3) is 0. The molecule has 0 aliphatic carbocycles. The molecular formula is HLiMnO3Si. The van der Waals surface area contributed by atoms with Crippen LogP contribution in [0.4, 0.5) is 0 Å². The average molecular weight is 139 g/mol. The van der Waals surface area contributed by atoms with Crippen molar-refractivity contribution in [3.05, 3.63) is 0 Å². The van der Waals surface area contributed by atoms with Crippen LogP contribution in [0, 0.1) is 0 Å². The summed E-state index contributed by atoms with van der Waals surface area (Å²) >= 11 is 0. The Morgan fingerprint density at radius 3 is 1.50 bits per heavy atom. The van der Waals surface area contributed by atoms with E-state index in [9.17, 15) is 0 Å². The monoisotopic (exact) mass is 139 g/mol. The molecule has 0 atom stereocenters. The number of rotatable bonds is 0. The van der Waals surface area contributed by atoms with Gasteiger partial charge in [0.15, 0.2) is 0 Å². The van der Waals surface area contributed by atoms with Crippen molar-refractivity contribution in [1.29, 1.82) is 0 Å². The van der Waals surface area contributed by atoms with Crippen LogP contribution in [0.25, 0.3) is 0 Å². The van der Waals surface area contributed by atoms with E-state index >= 15 is 0 Å². The standard InChI is InChI=1S/Li.Mn.O3Si.H/c;;1-4(2)3;/q+1;+2;-2;-1. The van der Waals surface area contributed by atoms with E-state index in [4.69, 9.17) is 14.1 Å². The third-order valence-electron chi connectivity index (χ3n) is 0. The summed E-state index contributed by atoms with van der Waals surface area (Å²) in [5.74, 6) is 0. The molecule has 0 aromatic rings. The summed E-state index contributed by atoms with van der Waals surface area (Å²) in [5.41, 5.74) is 0. The molecule has 0 unspecified atom stereocenters. The van der Waals surface area contributed by atoms with Crippen molar-refractivity contribution < 1.29 is 51.4 Å². The maximum atomic E-state index is 8.52. The molecule has 0 rings (SSSR count). The summed E-state index contributed by atoms with van der Waals surface area (Å²) in [7, 11) is -3.63.